The third-order valence-electron chi connectivity index (χ3n) is 5.48. The van der Waals surface area contributed by atoms with Crippen LogP contribution in [0.2, 0.25) is 5.02 Å². The number of rotatable bonds is 6. The lowest BCUT2D eigenvalue weighted by molar-refractivity contribution is 0.102. The molecule has 0 radical (unpaired) electrons. The number of nitrogens with two attached hydrogens (primary N) is 1. The Balaban J connectivity index is 1.35. The van der Waals surface area contributed by atoms with Gasteiger partial charge < -0.3 is 16.4 Å². The average Bonchev–Trinajstić information content (AvgIpc) is 3.28. The van der Waals surface area contributed by atoms with E-state index in [1.165, 1.54) is 10.9 Å². The van der Waals surface area contributed by atoms with Gasteiger partial charge in [0.2, 0.25) is 5.95 Å². The summed E-state index contributed by atoms with van der Waals surface area (Å²) in [6.45, 7) is 1.95. The number of amides is 1. The number of anilines is 4. The molecule has 0 saturated heterocycles. The molecule has 5 rings (SSSR count). The number of halogens is 1. The van der Waals surface area contributed by atoms with E-state index >= 15 is 0 Å². The van der Waals surface area contributed by atoms with Crippen molar-refractivity contribution in [2.24, 2.45) is 0 Å². The van der Waals surface area contributed by atoms with E-state index in [2.05, 4.69) is 30.7 Å². The molecule has 4 N–H and O–H groups in total. The quantitative estimate of drug-likeness (QED) is 0.292. The molecule has 1 amide bonds. The molecule has 2 aromatic carbocycles. The molecule has 0 unspecified atom stereocenters. The third-order valence-corrected chi connectivity index (χ3v) is 5.73. The SMILES string of the molecule is Cc1ccc(NC(=O)c2cnn(-c3ccc(Cl)cc3)c2N)cc1Nc1nccc(-c2cccnc2)n1. The van der Waals surface area contributed by atoms with Crippen molar-refractivity contribution in [1.82, 2.24) is 24.7 Å². The van der Waals surface area contributed by atoms with E-state index < -0.39 is 0 Å². The van der Waals surface area contributed by atoms with Crippen LogP contribution in [0, 0.1) is 6.92 Å². The van der Waals surface area contributed by atoms with Crippen LogP contribution in [0.25, 0.3) is 16.9 Å². The van der Waals surface area contributed by atoms with Gasteiger partial charge in [0.25, 0.3) is 5.91 Å². The summed E-state index contributed by atoms with van der Waals surface area (Å²) in [6.07, 6.45) is 6.57. The van der Waals surface area contributed by atoms with Gasteiger partial charge in [0.1, 0.15) is 11.4 Å². The Kier molecular flexibility index (Phi) is 6.29. The maximum absolute atomic E-state index is 13.0. The summed E-state index contributed by atoms with van der Waals surface area (Å²) < 4.78 is 1.49. The second-order valence-electron chi connectivity index (χ2n) is 7.95. The fourth-order valence-corrected chi connectivity index (χ4v) is 3.69. The van der Waals surface area contributed by atoms with Crippen molar-refractivity contribution in [2.75, 3.05) is 16.4 Å². The second kappa shape index (κ2) is 9.85. The van der Waals surface area contributed by atoms with Crippen LogP contribution < -0.4 is 16.4 Å². The average molecular weight is 497 g/mol. The van der Waals surface area contributed by atoms with E-state index in [9.17, 15) is 4.79 Å². The molecular formula is C26H21ClN8O. The first kappa shape index (κ1) is 23.0. The molecule has 5 aromatic rings. The molecular weight excluding hydrogens is 476 g/mol. The number of carbonyl (C=O) groups is 1. The zero-order valence-corrected chi connectivity index (χ0v) is 19.9. The van der Waals surface area contributed by atoms with E-state index in [-0.39, 0.29) is 17.3 Å². The molecule has 178 valence electrons. The Morgan fingerprint density at radius 3 is 2.64 bits per heavy atom. The molecule has 3 aromatic heterocycles. The fourth-order valence-electron chi connectivity index (χ4n) is 3.57. The number of aromatic nitrogens is 5. The molecule has 0 bridgehead atoms. The minimum Gasteiger partial charge on any atom is -0.383 e. The first-order chi connectivity index (χ1) is 17.5. The fraction of sp³-hybridized carbons (Fsp3) is 0.0385. The van der Waals surface area contributed by atoms with Crippen molar-refractivity contribution in [3.05, 3.63) is 102 Å². The monoisotopic (exact) mass is 496 g/mol. The minimum atomic E-state index is -0.377. The summed E-state index contributed by atoms with van der Waals surface area (Å²) in [7, 11) is 0. The van der Waals surface area contributed by atoms with Gasteiger partial charge in [-0.1, -0.05) is 17.7 Å². The highest BCUT2D eigenvalue weighted by Crippen LogP contribution is 2.26. The van der Waals surface area contributed by atoms with Crippen molar-refractivity contribution in [3.8, 4) is 16.9 Å². The highest BCUT2D eigenvalue weighted by molar-refractivity contribution is 6.30. The molecule has 3 heterocycles. The van der Waals surface area contributed by atoms with E-state index in [4.69, 9.17) is 17.3 Å². The van der Waals surface area contributed by atoms with Gasteiger partial charge in [0.05, 0.1) is 17.6 Å². The minimum absolute atomic E-state index is 0.223. The lowest BCUT2D eigenvalue weighted by Crippen LogP contribution is -2.14. The van der Waals surface area contributed by atoms with Crippen LogP contribution >= 0.6 is 11.6 Å². The summed E-state index contributed by atoms with van der Waals surface area (Å²) in [5, 5.41) is 11.0. The van der Waals surface area contributed by atoms with E-state index in [1.54, 1.807) is 42.9 Å². The predicted molar refractivity (Wildman–Crippen MR) is 141 cm³/mol. The van der Waals surface area contributed by atoms with E-state index in [1.807, 2.05) is 43.3 Å². The summed E-state index contributed by atoms with van der Waals surface area (Å²) in [5.74, 6) is 0.273. The van der Waals surface area contributed by atoms with Gasteiger partial charge in [0.15, 0.2) is 0 Å². The molecule has 0 spiro atoms. The molecule has 0 aliphatic carbocycles. The molecule has 0 atom stereocenters. The third kappa shape index (κ3) is 4.86. The van der Waals surface area contributed by atoms with Gasteiger partial charge in [-0.15, -0.1) is 0 Å². The van der Waals surface area contributed by atoms with Crippen molar-refractivity contribution >= 4 is 40.6 Å². The molecule has 10 heteroatoms. The lowest BCUT2D eigenvalue weighted by Gasteiger charge is -2.12. The molecule has 0 fully saturated rings. The molecule has 0 aliphatic heterocycles. The highest BCUT2D eigenvalue weighted by atomic mass is 35.5. The van der Waals surface area contributed by atoms with Gasteiger partial charge in [-0.25, -0.2) is 14.6 Å². The number of nitrogens with zero attached hydrogens (tertiary/aromatic N) is 5. The number of hydrogen-bond acceptors (Lipinski definition) is 7. The normalized spacial score (nSPS) is 10.7. The van der Waals surface area contributed by atoms with Gasteiger partial charge in [0, 0.05) is 40.6 Å². The maximum atomic E-state index is 13.0. The molecule has 36 heavy (non-hydrogen) atoms. The van der Waals surface area contributed by atoms with Crippen molar-refractivity contribution in [2.45, 2.75) is 6.92 Å². The lowest BCUT2D eigenvalue weighted by atomic mass is 10.1. The number of nitrogens with one attached hydrogen (secondary N) is 2. The van der Waals surface area contributed by atoms with Crippen LogP contribution in [0.1, 0.15) is 15.9 Å². The first-order valence-corrected chi connectivity index (χ1v) is 11.4. The highest BCUT2D eigenvalue weighted by Gasteiger charge is 2.17. The van der Waals surface area contributed by atoms with Gasteiger partial charge in [-0.3, -0.25) is 9.78 Å². The summed E-state index contributed by atoms with van der Waals surface area (Å²) in [6, 6.07) is 18.1. The van der Waals surface area contributed by atoms with Crippen molar-refractivity contribution in [1.29, 1.82) is 0 Å². The van der Waals surface area contributed by atoms with Crippen molar-refractivity contribution < 1.29 is 4.79 Å². The van der Waals surface area contributed by atoms with Gasteiger partial charge in [-0.05, 0) is 67.1 Å². The molecule has 0 saturated carbocycles. The Hall–Kier alpha value is -4.76. The van der Waals surface area contributed by atoms with Gasteiger partial charge >= 0.3 is 0 Å². The standard InChI is InChI=1S/C26H21ClN8O/c1-16-4-7-19(13-23(16)34-26-30-12-10-22(33-26)17-3-2-11-29-14-17)32-25(36)21-15-31-35(24(21)28)20-8-5-18(27)6-9-20/h2-15H,28H2,1H3,(H,32,36)(H,30,33,34). The van der Waals surface area contributed by atoms with Crippen LogP contribution in [0.15, 0.2) is 85.5 Å². The Bertz CT molecular complexity index is 1530. The Morgan fingerprint density at radius 1 is 1.03 bits per heavy atom. The number of hydrogen-bond donors (Lipinski definition) is 3. The van der Waals surface area contributed by atoms with Gasteiger partial charge in [-0.2, -0.15) is 5.10 Å². The zero-order valence-electron chi connectivity index (χ0n) is 19.2. The number of pyridine rings is 1. The van der Waals surface area contributed by atoms with E-state index in [0.717, 1.165) is 22.5 Å². The summed E-state index contributed by atoms with van der Waals surface area (Å²) >= 11 is 5.96. The zero-order chi connectivity index (χ0) is 25.1. The Labute approximate surface area is 212 Å². The number of nitrogen functional groups attached to an aromatic ring is 1. The first-order valence-electron chi connectivity index (χ1n) is 11.0. The molecule has 9 nitrogen and oxygen atoms in total. The van der Waals surface area contributed by atoms with Crippen molar-refractivity contribution in [3.63, 3.8) is 0 Å². The van der Waals surface area contributed by atoms with E-state index in [0.29, 0.717) is 22.3 Å². The molecule has 0 aliphatic rings. The predicted octanol–water partition coefficient (Wildman–Crippen LogP) is 5.26. The van der Waals surface area contributed by atoms with Crippen LogP contribution in [-0.2, 0) is 0 Å². The maximum Gasteiger partial charge on any atom is 0.261 e. The smallest absolute Gasteiger partial charge is 0.261 e. The number of benzene rings is 2. The van der Waals surface area contributed by atoms with Crippen LogP contribution in [-0.4, -0.2) is 30.6 Å². The largest absolute Gasteiger partial charge is 0.383 e. The Morgan fingerprint density at radius 2 is 1.86 bits per heavy atom. The second-order valence-corrected chi connectivity index (χ2v) is 8.38. The van der Waals surface area contributed by atoms with Crippen LogP contribution in [0.4, 0.5) is 23.1 Å². The summed E-state index contributed by atoms with van der Waals surface area (Å²) in [5.41, 5.74) is 11.1. The van der Waals surface area contributed by atoms with Crippen LogP contribution in [0.5, 0.6) is 0 Å². The number of aryl methyl sites for hydroxylation is 1. The topological polar surface area (TPSA) is 124 Å². The van der Waals surface area contributed by atoms with Crippen LogP contribution in [0.3, 0.4) is 0 Å². The summed E-state index contributed by atoms with van der Waals surface area (Å²) in [4.78, 5) is 26.0. The number of carbonyl (C=O) groups excluding carboxylic acids is 1.